The van der Waals surface area contributed by atoms with E-state index in [1.54, 1.807) is 14.1 Å². The van der Waals surface area contributed by atoms with Crippen LogP contribution in [0.2, 0.25) is 0 Å². The Balaban J connectivity index is 2.52. The van der Waals surface area contributed by atoms with E-state index in [0.29, 0.717) is 0 Å². The molecule has 0 bridgehead atoms. The molecule has 0 N–H and O–H groups in total. The van der Waals surface area contributed by atoms with Gasteiger partial charge < -0.3 is 9.80 Å². The van der Waals surface area contributed by atoms with Crippen molar-refractivity contribution in [3.8, 4) is 0 Å². The summed E-state index contributed by atoms with van der Waals surface area (Å²) in [4.78, 5) is 26.6. The predicted octanol–water partition coefficient (Wildman–Crippen LogP) is 3.50. The lowest BCUT2D eigenvalue weighted by Crippen LogP contribution is -2.44. The Kier molecular flexibility index (Phi) is 6.85. The van der Waals surface area contributed by atoms with Crippen LogP contribution in [0.25, 0.3) is 0 Å². The molecular weight excluding hydrogens is 359 g/mol. The first-order valence-corrected chi connectivity index (χ1v) is 8.67. The normalized spacial score (nSPS) is 10.8. The van der Waals surface area contributed by atoms with Crippen molar-refractivity contribution in [1.29, 1.82) is 0 Å². The lowest BCUT2D eigenvalue weighted by molar-refractivity contribution is -0.139. The summed E-state index contributed by atoms with van der Waals surface area (Å²) >= 11 is 11.7. The molecule has 0 fully saturated rings. The average molecular weight is 379 g/mol. The molecule has 0 saturated heterocycles. The molecule has 2 amide bonds. The maximum atomic E-state index is 12.7. The molecule has 0 aromatic heterocycles. The van der Waals surface area contributed by atoms with Crippen LogP contribution in [0.15, 0.2) is 60.7 Å². The minimum absolute atomic E-state index is 0.115. The topological polar surface area (TPSA) is 40.6 Å². The van der Waals surface area contributed by atoms with E-state index in [4.69, 9.17) is 23.2 Å². The van der Waals surface area contributed by atoms with Crippen LogP contribution >= 0.6 is 23.2 Å². The van der Waals surface area contributed by atoms with Crippen molar-refractivity contribution >= 4 is 35.0 Å². The van der Waals surface area contributed by atoms with Crippen molar-refractivity contribution in [1.82, 2.24) is 9.80 Å². The molecule has 132 valence electrons. The van der Waals surface area contributed by atoms with Crippen molar-refractivity contribution < 1.29 is 9.59 Å². The molecular formula is C19H20Cl2N2O2. The summed E-state index contributed by atoms with van der Waals surface area (Å²) in [6.07, 6.45) is 0. The summed E-state index contributed by atoms with van der Waals surface area (Å²) < 4.78 is 0. The highest BCUT2D eigenvalue weighted by Gasteiger charge is 2.31. The largest absolute Gasteiger partial charge is 0.347 e. The molecule has 0 atom stereocenters. The summed E-state index contributed by atoms with van der Waals surface area (Å²) in [5.41, 5.74) is 1.75. The molecule has 2 rings (SSSR count). The van der Waals surface area contributed by atoms with Gasteiger partial charge in [0.2, 0.25) is 5.91 Å². The van der Waals surface area contributed by atoms with Crippen LogP contribution in [-0.2, 0) is 9.59 Å². The molecule has 0 aliphatic heterocycles. The number of hydrogen-bond donors (Lipinski definition) is 0. The van der Waals surface area contributed by atoms with Gasteiger partial charge in [0.15, 0.2) is 4.84 Å². The molecule has 0 saturated carbocycles. The van der Waals surface area contributed by atoms with Crippen molar-refractivity contribution in [2.75, 3.05) is 20.6 Å². The monoisotopic (exact) mass is 378 g/mol. The van der Waals surface area contributed by atoms with Crippen LogP contribution in [0, 0.1) is 0 Å². The molecule has 2 aromatic carbocycles. The first-order valence-electron chi connectivity index (χ1n) is 7.80. The predicted molar refractivity (Wildman–Crippen MR) is 101 cm³/mol. The van der Waals surface area contributed by atoms with E-state index < -0.39 is 16.8 Å². The lowest BCUT2D eigenvalue weighted by Gasteiger charge is -2.33. The standard InChI is InChI=1S/C19H20Cl2N2O2/c1-22(2)16(24)13-23(19(25)18(20)21)17(14-9-5-3-6-10-14)15-11-7-4-8-12-15/h3-12,17-18H,13H2,1-2H3. The SMILES string of the molecule is CN(C)C(=O)CN(C(=O)C(Cl)Cl)C(c1ccccc1)c1ccccc1. The molecule has 0 spiro atoms. The van der Waals surface area contributed by atoms with Gasteiger partial charge in [0.1, 0.15) is 6.54 Å². The molecule has 4 nitrogen and oxygen atoms in total. The van der Waals surface area contributed by atoms with Gasteiger partial charge in [-0.25, -0.2) is 0 Å². The van der Waals surface area contributed by atoms with Crippen LogP contribution in [-0.4, -0.2) is 47.1 Å². The zero-order valence-corrected chi connectivity index (χ0v) is 15.6. The van der Waals surface area contributed by atoms with Gasteiger partial charge in [-0.1, -0.05) is 83.9 Å². The zero-order chi connectivity index (χ0) is 18.4. The maximum Gasteiger partial charge on any atom is 0.257 e. The smallest absolute Gasteiger partial charge is 0.257 e. The van der Waals surface area contributed by atoms with Crippen molar-refractivity contribution in [3.05, 3.63) is 71.8 Å². The van der Waals surface area contributed by atoms with Crippen molar-refractivity contribution in [2.45, 2.75) is 10.9 Å². The fourth-order valence-corrected chi connectivity index (χ4v) is 2.78. The highest BCUT2D eigenvalue weighted by Crippen LogP contribution is 2.30. The zero-order valence-electron chi connectivity index (χ0n) is 14.1. The van der Waals surface area contributed by atoms with E-state index in [1.165, 1.54) is 9.80 Å². The second-order valence-electron chi connectivity index (χ2n) is 5.78. The Morgan fingerprint density at radius 3 is 1.68 bits per heavy atom. The first-order chi connectivity index (χ1) is 11.9. The summed E-state index contributed by atoms with van der Waals surface area (Å²) in [5, 5.41) is 0. The average Bonchev–Trinajstić information content (AvgIpc) is 2.62. The Labute approximate surface area is 157 Å². The summed E-state index contributed by atoms with van der Waals surface area (Å²) in [7, 11) is 3.29. The second kappa shape index (κ2) is 8.88. The van der Waals surface area contributed by atoms with Crippen LogP contribution in [0.5, 0.6) is 0 Å². The second-order valence-corrected chi connectivity index (χ2v) is 6.88. The third-order valence-corrected chi connectivity index (χ3v) is 4.19. The highest BCUT2D eigenvalue weighted by atomic mass is 35.5. The minimum Gasteiger partial charge on any atom is -0.347 e. The van der Waals surface area contributed by atoms with Gasteiger partial charge in [0.25, 0.3) is 5.91 Å². The molecule has 0 aliphatic rings. The van der Waals surface area contributed by atoms with Crippen molar-refractivity contribution in [3.63, 3.8) is 0 Å². The van der Waals surface area contributed by atoms with E-state index in [0.717, 1.165) is 11.1 Å². The van der Waals surface area contributed by atoms with Gasteiger partial charge in [0.05, 0.1) is 6.04 Å². The Morgan fingerprint density at radius 2 is 1.32 bits per heavy atom. The molecule has 25 heavy (non-hydrogen) atoms. The number of nitrogens with zero attached hydrogens (tertiary/aromatic N) is 2. The van der Waals surface area contributed by atoms with Crippen LogP contribution < -0.4 is 0 Å². The number of likely N-dealkylation sites (N-methyl/N-ethyl adjacent to an activating group) is 1. The van der Waals surface area contributed by atoms with Crippen molar-refractivity contribution in [2.24, 2.45) is 0 Å². The Hall–Kier alpha value is -2.04. The fourth-order valence-electron chi connectivity index (χ4n) is 2.53. The molecule has 6 heteroatoms. The Morgan fingerprint density at radius 1 is 0.880 bits per heavy atom. The van der Waals surface area contributed by atoms with E-state index in [2.05, 4.69) is 0 Å². The molecule has 0 unspecified atom stereocenters. The van der Waals surface area contributed by atoms with E-state index >= 15 is 0 Å². The molecule has 0 radical (unpaired) electrons. The van der Waals surface area contributed by atoms with Crippen LogP contribution in [0.1, 0.15) is 17.2 Å². The number of amides is 2. The van der Waals surface area contributed by atoms with Crippen LogP contribution in [0.3, 0.4) is 0 Å². The maximum absolute atomic E-state index is 12.7. The number of halogens is 2. The first kappa shape index (κ1) is 19.3. The summed E-state index contributed by atoms with van der Waals surface area (Å²) in [6, 6.07) is 18.5. The van der Waals surface area contributed by atoms with E-state index in [9.17, 15) is 9.59 Å². The molecule has 2 aromatic rings. The van der Waals surface area contributed by atoms with Crippen LogP contribution in [0.4, 0.5) is 0 Å². The fraction of sp³-hybridized carbons (Fsp3) is 0.263. The van der Waals surface area contributed by atoms with Gasteiger partial charge in [0, 0.05) is 14.1 Å². The van der Waals surface area contributed by atoms with E-state index in [1.807, 2.05) is 60.7 Å². The molecule has 0 heterocycles. The Bertz CT molecular complexity index is 666. The third-order valence-electron chi connectivity index (χ3n) is 3.82. The van der Waals surface area contributed by atoms with Gasteiger partial charge >= 0.3 is 0 Å². The number of carbonyl (C=O) groups is 2. The van der Waals surface area contributed by atoms with Gasteiger partial charge in [-0.2, -0.15) is 0 Å². The summed E-state index contributed by atoms with van der Waals surface area (Å²) in [5.74, 6) is -0.713. The van der Waals surface area contributed by atoms with Gasteiger partial charge in [-0.3, -0.25) is 9.59 Å². The quantitative estimate of drug-likeness (QED) is 0.721. The summed E-state index contributed by atoms with van der Waals surface area (Å²) in [6.45, 7) is -0.115. The number of hydrogen-bond acceptors (Lipinski definition) is 2. The van der Waals surface area contributed by atoms with E-state index in [-0.39, 0.29) is 12.5 Å². The third kappa shape index (κ3) is 4.97. The highest BCUT2D eigenvalue weighted by molar-refractivity contribution is 6.53. The number of rotatable bonds is 6. The number of benzene rings is 2. The number of carbonyl (C=O) groups excluding carboxylic acids is 2. The number of alkyl halides is 2. The minimum atomic E-state index is -1.25. The lowest BCUT2D eigenvalue weighted by atomic mass is 9.97. The van der Waals surface area contributed by atoms with Gasteiger partial charge in [-0.05, 0) is 11.1 Å². The molecule has 0 aliphatic carbocycles. The van der Waals surface area contributed by atoms with Gasteiger partial charge in [-0.15, -0.1) is 0 Å².